The number of hydrogen-bond donors (Lipinski definition) is 1. The van der Waals surface area contributed by atoms with Gasteiger partial charge in [0.05, 0.1) is 6.54 Å². The lowest BCUT2D eigenvalue weighted by atomic mass is 10.1. The topological polar surface area (TPSA) is 12.0 Å². The first-order chi connectivity index (χ1) is 7.33. The lowest BCUT2D eigenvalue weighted by Crippen LogP contribution is -2.19. The van der Waals surface area contributed by atoms with E-state index in [-0.39, 0.29) is 0 Å². The van der Waals surface area contributed by atoms with Gasteiger partial charge in [0.25, 0.3) is 0 Å². The highest BCUT2D eigenvalue weighted by Gasteiger charge is 2.22. The highest BCUT2D eigenvalue weighted by molar-refractivity contribution is 6.31. The number of fused-ring (bicyclic) bond motifs is 1. The van der Waals surface area contributed by atoms with Crippen molar-refractivity contribution < 1.29 is 0 Å². The fourth-order valence-electron chi connectivity index (χ4n) is 2.08. The van der Waals surface area contributed by atoms with Gasteiger partial charge in [-0.1, -0.05) is 29.7 Å². The molecule has 0 bridgehead atoms. The third-order valence-electron chi connectivity index (χ3n) is 2.83. The number of rotatable bonds is 2. The van der Waals surface area contributed by atoms with Gasteiger partial charge in [-0.3, -0.25) is 5.32 Å². The monoisotopic (exact) mass is 219 g/mol. The summed E-state index contributed by atoms with van der Waals surface area (Å²) in [5.41, 5.74) is 2.65. The Kier molecular flexibility index (Phi) is 3.30. The Morgan fingerprint density at radius 3 is 3.20 bits per heavy atom. The lowest BCUT2D eigenvalue weighted by Gasteiger charge is -2.11. The van der Waals surface area contributed by atoms with Crippen LogP contribution in [0, 0.1) is 11.8 Å². The average Bonchev–Trinajstić information content (AvgIpc) is 2.64. The Hall–Kier alpha value is -0.970. The third-order valence-corrected chi connectivity index (χ3v) is 3.18. The van der Waals surface area contributed by atoms with E-state index in [9.17, 15) is 0 Å². The molecule has 78 valence electrons. The average molecular weight is 220 g/mol. The predicted octanol–water partition coefficient (Wildman–Crippen LogP) is 2.94. The van der Waals surface area contributed by atoms with E-state index in [1.807, 2.05) is 19.1 Å². The van der Waals surface area contributed by atoms with Gasteiger partial charge in [0.1, 0.15) is 0 Å². The molecule has 0 amide bonds. The van der Waals surface area contributed by atoms with Crippen LogP contribution < -0.4 is 5.32 Å². The third kappa shape index (κ3) is 2.17. The van der Waals surface area contributed by atoms with E-state index >= 15 is 0 Å². The Bertz CT molecular complexity index is 414. The zero-order chi connectivity index (χ0) is 10.7. The fraction of sp³-hybridized carbons (Fsp3) is 0.385. The molecule has 2 rings (SSSR count). The number of nitrogens with one attached hydrogen (secondary N) is 1. The van der Waals surface area contributed by atoms with Crippen LogP contribution in [0.3, 0.4) is 0 Å². The summed E-state index contributed by atoms with van der Waals surface area (Å²) < 4.78 is 0. The van der Waals surface area contributed by atoms with Gasteiger partial charge in [-0.25, -0.2) is 0 Å². The van der Waals surface area contributed by atoms with Crippen LogP contribution in [0.4, 0.5) is 0 Å². The van der Waals surface area contributed by atoms with Crippen molar-refractivity contribution >= 4 is 11.6 Å². The zero-order valence-corrected chi connectivity index (χ0v) is 9.56. The first kappa shape index (κ1) is 10.5. The maximum absolute atomic E-state index is 6.14. The van der Waals surface area contributed by atoms with Crippen molar-refractivity contribution in [2.45, 2.75) is 25.8 Å². The summed E-state index contributed by atoms with van der Waals surface area (Å²) in [4.78, 5) is 0. The van der Waals surface area contributed by atoms with Crippen LogP contribution in [0.15, 0.2) is 18.2 Å². The normalized spacial score (nSPS) is 18.1. The van der Waals surface area contributed by atoms with E-state index in [1.54, 1.807) is 0 Å². The molecule has 0 fully saturated rings. The highest BCUT2D eigenvalue weighted by Crippen LogP contribution is 2.35. The van der Waals surface area contributed by atoms with Gasteiger partial charge >= 0.3 is 0 Å². The van der Waals surface area contributed by atoms with Crippen molar-refractivity contribution in [3.63, 3.8) is 0 Å². The number of hydrogen-bond acceptors (Lipinski definition) is 1. The second-order valence-corrected chi connectivity index (χ2v) is 4.11. The van der Waals surface area contributed by atoms with E-state index in [4.69, 9.17) is 11.6 Å². The molecule has 1 atom stereocenters. The summed E-state index contributed by atoms with van der Waals surface area (Å²) in [5, 5.41) is 4.33. The van der Waals surface area contributed by atoms with Gasteiger partial charge in [-0.2, -0.15) is 0 Å². The Morgan fingerprint density at radius 1 is 1.53 bits per heavy atom. The summed E-state index contributed by atoms with van der Waals surface area (Å²) in [6.45, 7) is 2.62. The molecule has 0 saturated carbocycles. The van der Waals surface area contributed by atoms with Gasteiger partial charge in [0.2, 0.25) is 0 Å². The Labute approximate surface area is 95.8 Å². The minimum atomic E-state index is 0.430. The van der Waals surface area contributed by atoms with E-state index in [0.29, 0.717) is 6.04 Å². The van der Waals surface area contributed by atoms with E-state index in [1.165, 1.54) is 11.1 Å². The smallest absolute Gasteiger partial charge is 0.0581 e. The molecule has 15 heavy (non-hydrogen) atoms. The van der Waals surface area contributed by atoms with Gasteiger partial charge in [-0.05, 0) is 37.0 Å². The van der Waals surface area contributed by atoms with Crippen LogP contribution in [0.1, 0.15) is 30.5 Å². The molecule has 1 aliphatic carbocycles. The van der Waals surface area contributed by atoms with E-state index < -0.39 is 0 Å². The minimum absolute atomic E-state index is 0.430. The molecule has 1 N–H and O–H groups in total. The lowest BCUT2D eigenvalue weighted by molar-refractivity contribution is 0.568. The second-order valence-electron chi connectivity index (χ2n) is 3.71. The summed E-state index contributed by atoms with van der Waals surface area (Å²) in [6, 6.07) is 6.58. The second kappa shape index (κ2) is 4.70. The van der Waals surface area contributed by atoms with Crippen molar-refractivity contribution in [2.24, 2.45) is 0 Å². The van der Waals surface area contributed by atoms with Crippen molar-refractivity contribution in [3.05, 3.63) is 34.3 Å². The van der Waals surface area contributed by atoms with Crippen LogP contribution in [0.2, 0.25) is 5.02 Å². The molecule has 2 heteroatoms. The quantitative estimate of drug-likeness (QED) is 0.755. The van der Waals surface area contributed by atoms with E-state index in [2.05, 4.69) is 23.2 Å². The summed E-state index contributed by atoms with van der Waals surface area (Å²) in [7, 11) is 0. The highest BCUT2D eigenvalue weighted by atomic mass is 35.5. The van der Waals surface area contributed by atoms with Gasteiger partial charge in [-0.15, -0.1) is 5.92 Å². The summed E-state index contributed by atoms with van der Waals surface area (Å²) in [6.07, 6.45) is 2.21. The SMILES string of the molecule is CC#CCNC1CCc2c(Cl)cccc21. The standard InChI is InChI=1S/C13H14ClN/c1-2-3-9-15-13-8-7-10-11(13)5-4-6-12(10)14/h4-6,13,15H,7-9H2,1H3. The Balaban J connectivity index is 2.13. The molecule has 0 heterocycles. The minimum Gasteiger partial charge on any atom is -0.299 e. The first-order valence-corrected chi connectivity index (χ1v) is 5.61. The van der Waals surface area contributed by atoms with Crippen LogP contribution in [0.5, 0.6) is 0 Å². The first-order valence-electron chi connectivity index (χ1n) is 5.23. The molecule has 1 nitrogen and oxygen atoms in total. The summed E-state index contributed by atoms with van der Waals surface area (Å²) in [5.74, 6) is 5.91. The van der Waals surface area contributed by atoms with Gasteiger partial charge in [0, 0.05) is 11.1 Å². The molecule has 1 aliphatic rings. The molecule has 0 spiro atoms. The van der Waals surface area contributed by atoms with Crippen molar-refractivity contribution in [3.8, 4) is 11.8 Å². The largest absolute Gasteiger partial charge is 0.299 e. The van der Waals surface area contributed by atoms with Crippen molar-refractivity contribution in [1.82, 2.24) is 5.32 Å². The molecule has 0 aliphatic heterocycles. The molecule has 0 aromatic heterocycles. The van der Waals surface area contributed by atoms with Gasteiger partial charge in [0.15, 0.2) is 0 Å². The van der Waals surface area contributed by atoms with Crippen LogP contribution in [0.25, 0.3) is 0 Å². The zero-order valence-electron chi connectivity index (χ0n) is 8.81. The molecule has 0 radical (unpaired) electrons. The van der Waals surface area contributed by atoms with Crippen molar-refractivity contribution in [2.75, 3.05) is 6.54 Å². The predicted molar refractivity (Wildman–Crippen MR) is 64.0 cm³/mol. The van der Waals surface area contributed by atoms with Crippen LogP contribution in [-0.4, -0.2) is 6.54 Å². The molecule has 0 saturated heterocycles. The molecule has 1 unspecified atom stereocenters. The fourth-order valence-corrected chi connectivity index (χ4v) is 2.36. The van der Waals surface area contributed by atoms with Crippen molar-refractivity contribution in [1.29, 1.82) is 0 Å². The molecule has 1 aromatic carbocycles. The number of halogens is 1. The number of benzene rings is 1. The molecular weight excluding hydrogens is 206 g/mol. The van der Waals surface area contributed by atoms with Gasteiger partial charge < -0.3 is 0 Å². The molecule has 1 aromatic rings. The summed E-state index contributed by atoms with van der Waals surface area (Å²) >= 11 is 6.14. The maximum Gasteiger partial charge on any atom is 0.0581 e. The van der Waals surface area contributed by atoms with Crippen LogP contribution in [-0.2, 0) is 6.42 Å². The Morgan fingerprint density at radius 2 is 2.40 bits per heavy atom. The van der Waals surface area contributed by atoms with Crippen LogP contribution >= 0.6 is 11.6 Å². The molecular formula is C13H14ClN. The van der Waals surface area contributed by atoms with E-state index in [0.717, 1.165) is 24.4 Å². The maximum atomic E-state index is 6.14.